The summed E-state index contributed by atoms with van der Waals surface area (Å²) < 4.78 is 5.97. The summed E-state index contributed by atoms with van der Waals surface area (Å²) >= 11 is 0. The summed E-state index contributed by atoms with van der Waals surface area (Å²) in [4.78, 5) is 13.1. The van der Waals surface area contributed by atoms with Crippen LogP contribution in [-0.2, 0) is 6.42 Å². The second-order valence-electron chi connectivity index (χ2n) is 7.75. The van der Waals surface area contributed by atoms with Crippen LogP contribution in [0.5, 0.6) is 0 Å². The number of nitrogens with one attached hydrogen (secondary N) is 4. The SMILES string of the molecule is C=C/C=c1/c(Nc2ccc3c(c2)CCC3=N)c(C(=O)NC2CCNCC2)o/c1=C/C. The van der Waals surface area contributed by atoms with Gasteiger partial charge < -0.3 is 25.8 Å². The van der Waals surface area contributed by atoms with Crippen LogP contribution in [0.1, 0.15) is 47.9 Å². The maximum absolute atomic E-state index is 13.1. The number of furan rings is 1. The lowest BCUT2D eigenvalue weighted by Gasteiger charge is -2.23. The van der Waals surface area contributed by atoms with Crippen molar-refractivity contribution in [2.75, 3.05) is 18.4 Å². The quantitative estimate of drug-likeness (QED) is 0.617. The number of hydrogen-bond acceptors (Lipinski definition) is 5. The van der Waals surface area contributed by atoms with E-state index in [1.165, 1.54) is 0 Å². The van der Waals surface area contributed by atoms with Crippen molar-refractivity contribution in [2.45, 2.75) is 38.6 Å². The number of piperidine rings is 1. The smallest absolute Gasteiger partial charge is 0.289 e. The van der Waals surface area contributed by atoms with Gasteiger partial charge in [-0.25, -0.2) is 0 Å². The molecule has 2 aliphatic rings. The molecule has 6 nitrogen and oxygen atoms in total. The lowest BCUT2D eigenvalue weighted by atomic mass is 10.1. The minimum Gasteiger partial charge on any atom is -0.449 e. The molecular weight excluding hydrogens is 376 g/mol. The van der Waals surface area contributed by atoms with E-state index in [-0.39, 0.29) is 17.7 Å². The summed E-state index contributed by atoms with van der Waals surface area (Å²) in [5.74, 6) is 0.0714. The van der Waals surface area contributed by atoms with Gasteiger partial charge in [-0.3, -0.25) is 4.79 Å². The van der Waals surface area contributed by atoms with E-state index in [9.17, 15) is 4.79 Å². The van der Waals surface area contributed by atoms with Crippen molar-refractivity contribution >= 4 is 35.1 Å². The summed E-state index contributed by atoms with van der Waals surface area (Å²) in [5, 5.41) is 18.7. The van der Waals surface area contributed by atoms with Gasteiger partial charge in [-0.1, -0.05) is 18.7 Å². The lowest BCUT2D eigenvalue weighted by Crippen LogP contribution is -2.42. The van der Waals surface area contributed by atoms with Gasteiger partial charge in [0, 0.05) is 22.7 Å². The van der Waals surface area contributed by atoms with Crippen LogP contribution in [0.15, 0.2) is 35.3 Å². The van der Waals surface area contributed by atoms with Crippen LogP contribution in [0.4, 0.5) is 11.4 Å². The molecule has 1 saturated heterocycles. The largest absolute Gasteiger partial charge is 0.449 e. The van der Waals surface area contributed by atoms with E-state index in [1.807, 2.05) is 31.2 Å². The Morgan fingerprint density at radius 1 is 1.30 bits per heavy atom. The molecule has 1 aromatic carbocycles. The molecule has 0 spiro atoms. The molecule has 2 aromatic rings. The molecule has 2 heterocycles. The first-order valence-electron chi connectivity index (χ1n) is 10.5. The molecule has 1 fully saturated rings. The van der Waals surface area contributed by atoms with E-state index in [2.05, 4.69) is 28.6 Å². The summed E-state index contributed by atoms with van der Waals surface area (Å²) in [6, 6.07) is 6.13. The number of carbonyl (C=O) groups is 1. The number of amides is 1. The second-order valence-corrected chi connectivity index (χ2v) is 7.75. The van der Waals surface area contributed by atoms with Crippen molar-refractivity contribution in [1.29, 1.82) is 5.41 Å². The lowest BCUT2D eigenvalue weighted by molar-refractivity contribution is 0.0901. The molecule has 0 radical (unpaired) electrons. The molecule has 30 heavy (non-hydrogen) atoms. The first-order valence-corrected chi connectivity index (χ1v) is 10.5. The van der Waals surface area contributed by atoms with E-state index >= 15 is 0 Å². The molecule has 0 saturated carbocycles. The molecule has 4 rings (SSSR count). The Morgan fingerprint density at radius 2 is 2.10 bits per heavy atom. The molecule has 0 atom stereocenters. The third-order valence-corrected chi connectivity index (χ3v) is 5.75. The summed E-state index contributed by atoms with van der Waals surface area (Å²) in [7, 11) is 0. The highest BCUT2D eigenvalue weighted by atomic mass is 16.3. The van der Waals surface area contributed by atoms with Gasteiger partial charge in [-0.05, 0) is 81.1 Å². The van der Waals surface area contributed by atoms with E-state index < -0.39 is 0 Å². The molecule has 0 unspecified atom stereocenters. The number of hydrogen-bond donors (Lipinski definition) is 4. The van der Waals surface area contributed by atoms with Gasteiger partial charge in [-0.15, -0.1) is 0 Å². The van der Waals surface area contributed by atoms with Crippen molar-refractivity contribution in [1.82, 2.24) is 10.6 Å². The second kappa shape index (κ2) is 8.71. The van der Waals surface area contributed by atoms with Gasteiger partial charge in [0.15, 0.2) is 0 Å². The highest BCUT2D eigenvalue weighted by molar-refractivity contribution is 6.03. The van der Waals surface area contributed by atoms with Crippen LogP contribution in [0, 0.1) is 5.41 Å². The minimum absolute atomic E-state index is 0.142. The van der Waals surface area contributed by atoms with Gasteiger partial charge in [-0.2, -0.15) is 0 Å². The normalized spacial score (nSPS) is 17.8. The van der Waals surface area contributed by atoms with E-state index in [0.717, 1.165) is 60.8 Å². The Bertz CT molecular complexity index is 1110. The maximum Gasteiger partial charge on any atom is 0.289 e. The predicted octanol–water partition coefficient (Wildman–Crippen LogP) is 2.59. The first-order chi connectivity index (χ1) is 14.6. The highest BCUT2D eigenvalue weighted by Crippen LogP contribution is 2.27. The van der Waals surface area contributed by atoms with E-state index in [1.54, 1.807) is 6.08 Å². The standard InChI is InChI=1S/C24H28N4O2/c1-3-5-19-21(4-2)30-23(24(29)28-16-10-12-26-13-11-16)22(19)27-17-7-8-18-15(14-17)6-9-20(18)25/h3-5,7-8,14,16,25-27H,1,6,9-13H2,2H3,(H,28,29)/b19-5+,21-4+,25-20?. The van der Waals surface area contributed by atoms with Gasteiger partial charge in [0.1, 0.15) is 5.42 Å². The number of benzene rings is 1. The molecule has 0 bridgehead atoms. The fourth-order valence-corrected chi connectivity index (χ4v) is 4.17. The number of allylic oxidation sites excluding steroid dienone is 1. The zero-order valence-electron chi connectivity index (χ0n) is 17.3. The molecule has 1 aliphatic heterocycles. The van der Waals surface area contributed by atoms with Crippen molar-refractivity contribution in [3.8, 4) is 0 Å². The molecule has 1 amide bonds. The van der Waals surface area contributed by atoms with E-state index in [0.29, 0.717) is 16.8 Å². The highest BCUT2D eigenvalue weighted by Gasteiger charge is 2.23. The molecular formula is C24H28N4O2. The van der Waals surface area contributed by atoms with Gasteiger partial charge in [0.2, 0.25) is 5.76 Å². The summed E-state index contributed by atoms with van der Waals surface area (Å²) in [6.45, 7) is 7.51. The van der Waals surface area contributed by atoms with Crippen molar-refractivity contribution in [3.05, 3.63) is 58.4 Å². The minimum atomic E-state index is -0.209. The number of anilines is 2. The maximum atomic E-state index is 13.1. The van der Waals surface area contributed by atoms with E-state index in [4.69, 9.17) is 9.83 Å². The number of aryl methyl sites for hydroxylation is 1. The van der Waals surface area contributed by atoms with Gasteiger partial charge in [0.25, 0.3) is 5.91 Å². The van der Waals surface area contributed by atoms with Gasteiger partial charge >= 0.3 is 0 Å². The Hall–Kier alpha value is -3.12. The zero-order chi connectivity index (χ0) is 21.1. The number of rotatable bonds is 5. The Balaban J connectivity index is 1.71. The predicted molar refractivity (Wildman–Crippen MR) is 121 cm³/mol. The Labute approximate surface area is 176 Å². The monoisotopic (exact) mass is 404 g/mol. The summed E-state index contributed by atoms with van der Waals surface area (Å²) in [6.07, 6.45) is 8.87. The zero-order valence-corrected chi connectivity index (χ0v) is 17.3. The van der Waals surface area contributed by atoms with Crippen LogP contribution in [0.2, 0.25) is 0 Å². The Morgan fingerprint density at radius 3 is 2.83 bits per heavy atom. The third-order valence-electron chi connectivity index (χ3n) is 5.75. The van der Waals surface area contributed by atoms with Crippen LogP contribution < -0.4 is 26.6 Å². The van der Waals surface area contributed by atoms with Crippen LogP contribution in [-0.4, -0.2) is 30.8 Å². The summed E-state index contributed by atoms with van der Waals surface area (Å²) in [5.41, 5.74) is 5.01. The molecule has 1 aromatic heterocycles. The topological polar surface area (TPSA) is 90.2 Å². The third kappa shape index (κ3) is 3.96. The Kier molecular flexibility index (Phi) is 5.86. The molecule has 6 heteroatoms. The van der Waals surface area contributed by atoms with Crippen LogP contribution >= 0.6 is 0 Å². The number of fused-ring (bicyclic) bond motifs is 1. The fourth-order valence-electron chi connectivity index (χ4n) is 4.17. The molecule has 1 aliphatic carbocycles. The number of carbonyl (C=O) groups excluding carboxylic acids is 1. The van der Waals surface area contributed by atoms with Crippen molar-refractivity contribution in [2.24, 2.45) is 0 Å². The van der Waals surface area contributed by atoms with Crippen molar-refractivity contribution in [3.63, 3.8) is 0 Å². The first kappa shape index (κ1) is 20.2. The van der Waals surface area contributed by atoms with Gasteiger partial charge in [0.05, 0.1) is 5.69 Å². The molecule has 4 N–H and O–H groups in total. The fraction of sp³-hybridized carbons (Fsp3) is 0.333. The average molecular weight is 405 g/mol. The van der Waals surface area contributed by atoms with Crippen LogP contribution in [0.3, 0.4) is 0 Å². The average Bonchev–Trinajstić information content (AvgIpc) is 3.29. The molecule has 156 valence electrons. The van der Waals surface area contributed by atoms with Crippen molar-refractivity contribution < 1.29 is 9.21 Å². The van der Waals surface area contributed by atoms with Crippen LogP contribution in [0.25, 0.3) is 12.2 Å².